The molecule has 3 rings (SSSR count). The van der Waals surface area contributed by atoms with Gasteiger partial charge in [0.15, 0.2) is 0 Å². The maximum Gasteiger partial charge on any atom is 0.149 e. The first kappa shape index (κ1) is 18.0. The number of halogens is 3. The summed E-state index contributed by atoms with van der Waals surface area (Å²) < 4.78 is 38.9. The molecule has 134 valence electrons. The van der Waals surface area contributed by atoms with Crippen molar-refractivity contribution in [1.29, 1.82) is 0 Å². The predicted molar refractivity (Wildman–Crippen MR) is 84.8 cm³/mol. The minimum absolute atomic E-state index is 0.0254. The third kappa shape index (κ3) is 3.56. The summed E-state index contributed by atoms with van der Waals surface area (Å²) >= 11 is 5.66. The molecule has 2 saturated heterocycles. The van der Waals surface area contributed by atoms with Crippen LogP contribution in [0.1, 0.15) is 19.4 Å². The molecule has 2 heterocycles. The Kier molecular flexibility index (Phi) is 5.11. The number of aliphatic hydroxyl groups excluding tert-OH is 1. The molecule has 2 fully saturated rings. The molecule has 8 heteroatoms. The lowest BCUT2D eigenvalue weighted by molar-refractivity contribution is -0.0213. The number of morpholine rings is 1. The topological polar surface area (TPSA) is 66.0 Å². The molecule has 24 heavy (non-hydrogen) atoms. The van der Waals surface area contributed by atoms with Gasteiger partial charge in [0.1, 0.15) is 35.1 Å². The number of aliphatic hydroxyl groups is 1. The number of epoxide rings is 1. The molecule has 0 radical (unpaired) electrons. The van der Waals surface area contributed by atoms with Gasteiger partial charge in [0.05, 0.1) is 19.3 Å². The Morgan fingerprint density at radius 1 is 1.42 bits per heavy atom. The number of hydrogen-bond acceptors (Lipinski definition) is 5. The number of ether oxygens (including phenoxy) is 2. The molecule has 2 aliphatic rings. The molecular weight excluding hydrogens is 342 g/mol. The summed E-state index contributed by atoms with van der Waals surface area (Å²) in [5.74, 6) is -1.55. The lowest BCUT2D eigenvalue weighted by Gasteiger charge is -2.29. The van der Waals surface area contributed by atoms with Gasteiger partial charge in [-0.3, -0.25) is 5.32 Å². The number of nitrogens with one attached hydrogen (secondary N) is 2. The van der Waals surface area contributed by atoms with E-state index in [2.05, 4.69) is 10.6 Å². The van der Waals surface area contributed by atoms with Crippen LogP contribution < -0.4 is 10.6 Å². The van der Waals surface area contributed by atoms with Crippen LogP contribution >= 0.6 is 11.6 Å². The summed E-state index contributed by atoms with van der Waals surface area (Å²) in [7, 11) is 0. The molecular formula is C16H21ClF2N2O3. The van der Waals surface area contributed by atoms with Crippen LogP contribution in [0.15, 0.2) is 12.1 Å². The lowest BCUT2D eigenvalue weighted by Crippen LogP contribution is -2.51. The predicted octanol–water partition coefficient (Wildman–Crippen LogP) is 1.52. The molecule has 0 aliphatic carbocycles. The van der Waals surface area contributed by atoms with Gasteiger partial charge in [-0.15, -0.1) is 0 Å². The lowest BCUT2D eigenvalue weighted by atomic mass is 9.93. The highest BCUT2D eigenvalue weighted by Crippen LogP contribution is 2.34. The van der Waals surface area contributed by atoms with Crippen molar-refractivity contribution in [3.8, 4) is 0 Å². The van der Waals surface area contributed by atoms with Gasteiger partial charge in [0, 0.05) is 17.6 Å². The van der Waals surface area contributed by atoms with E-state index in [0.29, 0.717) is 13.2 Å². The van der Waals surface area contributed by atoms with Gasteiger partial charge in [-0.25, -0.2) is 8.78 Å². The van der Waals surface area contributed by atoms with E-state index in [9.17, 15) is 8.78 Å². The van der Waals surface area contributed by atoms with Crippen LogP contribution in [0.2, 0.25) is 5.02 Å². The minimum atomic E-state index is -0.795. The monoisotopic (exact) mass is 362 g/mol. The average Bonchev–Trinajstić information content (AvgIpc) is 3.30. The molecule has 0 saturated carbocycles. The molecule has 4 atom stereocenters. The summed E-state index contributed by atoms with van der Waals surface area (Å²) in [5, 5.41) is 14.9. The van der Waals surface area contributed by atoms with Crippen molar-refractivity contribution < 1.29 is 23.4 Å². The van der Waals surface area contributed by atoms with E-state index in [0.717, 1.165) is 6.07 Å². The van der Waals surface area contributed by atoms with E-state index in [4.69, 9.17) is 26.2 Å². The fourth-order valence-electron chi connectivity index (χ4n) is 2.93. The quantitative estimate of drug-likeness (QED) is 0.547. The molecule has 0 bridgehead atoms. The third-order valence-electron chi connectivity index (χ3n) is 4.44. The number of hydrogen-bond donors (Lipinski definition) is 3. The summed E-state index contributed by atoms with van der Waals surface area (Å²) in [6.45, 7) is 4.57. The van der Waals surface area contributed by atoms with Gasteiger partial charge in [-0.2, -0.15) is 0 Å². The first-order valence-electron chi connectivity index (χ1n) is 7.86. The maximum absolute atomic E-state index is 14.3. The highest BCUT2D eigenvalue weighted by atomic mass is 35.5. The fourth-order valence-corrected chi connectivity index (χ4v) is 3.10. The maximum atomic E-state index is 14.3. The smallest absolute Gasteiger partial charge is 0.149 e. The molecule has 1 aromatic carbocycles. The van der Waals surface area contributed by atoms with Crippen LogP contribution in [0.4, 0.5) is 8.78 Å². The van der Waals surface area contributed by atoms with Gasteiger partial charge < -0.3 is 19.9 Å². The van der Waals surface area contributed by atoms with Crippen LogP contribution in [-0.4, -0.2) is 49.3 Å². The molecule has 0 spiro atoms. The number of rotatable bonds is 5. The first-order chi connectivity index (χ1) is 11.3. The van der Waals surface area contributed by atoms with Crippen molar-refractivity contribution in [2.75, 3.05) is 19.8 Å². The molecule has 5 nitrogen and oxygen atoms in total. The zero-order chi connectivity index (χ0) is 17.5. The van der Waals surface area contributed by atoms with E-state index in [1.54, 1.807) is 13.8 Å². The second kappa shape index (κ2) is 6.82. The fraction of sp³-hybridized carbons (Fsp3) is 0.625. The van der Waals surface area contributed by atoms with Crippen molar-refractivity contribution in [2.45, 2.75) is 43.9 Å². The van der Waals surface area contributed by atoms with Gasteiger partial charge in [-0.1, -0.05) is 17.7 Å². The van der Waals surface area contributed by atoms with Crippen molar-refractivity contribution in [3.05, 3.63) is 34.4 Å². The zero-order valence-corrected chi connectivity index (χ0v) is 14.2. The second-order valence-corrected chi connectivity index (χ2v) is 7.05. The third-order valence-corrected chi connectivity index (χ3v) is 4.79. The Hall–Kier alpha value is -0.830. The molecule has 1 aromatic rings. The van der Waals surface area contributed by atoms with E-state index in [-0.39, 0.29) is 36.6 Å². The highest BCUT2D eigenvalue weighted by Gasteiger charge is 2.49. The Bertz CT molecular complexity index is 609. The summed E-state index contributed by atoms with van der Waals surface area (Å²) in [6.07, 6.45) is -0.584. The highest BCUT2D eigenvalue weighted by molar-refractivity contribution is 6.31. The van der Waals surface area contributed by atoms with Gasteiger partial charge >= 0.3 is 0 Å². The van der Waals surface area contributed by atoms with Crippen molar-refractivity contribution >= 4 is 11.6 Å². The van der Waals surface area contributed by atoms with E-state index >= 15 is 0 Å². The number of benzene rings is 1. The first-order valence-corrected chi connectivity index (χ1v) is 8.24. The normalized spacial score (nSPS) is 30.4. The average molecular weight is 363 g/mol. The standard InChI is InChI=1S/C16H21ClF2N2O3/c1-16(2,9-3-4-10(18)12(17)13(9)19)21-15-14(24-15)11-5-20-8(6-22)7-23-11/h3-4,8,11,14-15,20-22H,5-7H2,1-2H3/t8-,11+,14?,15?/m1/s1. The van der Waals surface area contributed by atoms with E-state index in [1.807, 2.05) is 0 Å². The molecule has 0 amide bonds. The minimum Gasteiger partial charge on any atom is -0.395 e. The van der Waals surface area contributed by atoms with Gasteiger partial charge in [-0.05, 0) is 19.9 Å². The Morgan fingerprint density at radius 2 is 2.17 bits per heavy atom. The van der Waals surface area contributed by atoms with Crippen molar-refractivity contribution in [3.63, 3.8) is 0 Å². The van der Waals surface area contributed by atoms with Gasteiger partial charge in [0.25, 0.3) is 0 Å². The second-order valence-electron chi connectivity index (χ2n) is 6.67. The molecule has 0 aromatic heterocycles. The summed E-state index contributed by atoms with van der Waals surface area (Å²) in [5.41, 5.74) is -0.525. The largest absolute Gasteiger partial charge is 0.395 e. The molecule has 2 unspecified atom stereocenters. The van der Waals surface area contributed by atoms with Gasteiger partial charge in [0.2, 0.25) is 0 Å². The Morgan fingerprint density at radius 3 is 2.79 bits per heavy atom. The van der Waals surface area contributed by atoms with Crippen molar-refractivity contribution in [1.82, 2.24) is 10.6 Å². The van der Waals surface area contributed by atoms with Crippen LogP contribution in [0.25, 0.3) is 0 Å². The van der Waals surface area contributed by atoms with Crippen LogP contribution in [0.3, 0.4) is 0 Å². The van der Waals surface area contributed by atoms with E-state index < -0.39 is 22.2 Å². The van der Waals surface area contributed by atoms with Crippen molar-refractivity contribution in [2.24, 2.45) is 0 Å². The summed E-state index contributed by atoms with van der Waals surface area (Å²) in [4.78, 5) is 0. The summed E-state index contributed by atoms with van der Waals surface area (Å²) in [6, 6.07) is 2.47. The zero-order valence-electron chi connectivity index (χ0n) is 13.5. The molecule has 3 N–H and O–H groups in total. The van der Waals surface area contributed by atoms with E-state index in [1.165, 1.54) is 6.07 Å². The molecule has 2 aliphatic heterocycles. The Balaban J connectivity index is 1.62. The Labute approximate surface area is 144 Å². The van der Waals surface area contributed by atoms with Crippen LogP contribution in [0, 0.1) is 11.6 Å². The van der Waals surface area contributed by atoms with Crippen LogP contribution in [-0.2, 0) is 15.0 Å². The van der Waals surface area contributed by atoms with Crippen LogP contribution in [0.5, 0.6) is 0 Å². The SMILES string of the molecule is CC(C)(NC1OC1[C@@H]1CN[C@H](CO)CO1)c1ccc(F)c(Cl)c1F.